The fourth-order valence-corrected chi connectivity index (χ4v) is 3.91. The van der Waals surface area contributed by atoms with Gasteiger partial charge < -0.3 is 19.9 Å². The third kappa shape index (κ3) is 5.34. The number of aryl methyl sites for hydroxylation is 1. The summed E-state index contributed by atoms with van der Waals surface area (Å²) in [7, 11) is 0. The Kier molecular flexibility index (Phi) is 7.26. The van der Waals surface area contributed by atoms with Gasteiger partial charge in [0.15, 0.2) is 11.5 Å². The predicted octanol–water partition coefficient (Wildman–Crippen LogP) is 4.70. The van der Waals surface area contributed by atoms with Crippen LogP contribution in [0.3, 0.4) is 0 Å². The smallest absolute Gasteiger partial charge is 0.287 e. The normalized spacial score (nSPS) is 12.9. The van der Waals surface area contributed by atoms with Gasteiger partial charge in [-0.15, -0.1) is 0 Å². The number of halogens is 1. The molecule has 184 valence electrons. The molecule has 3 aromatic carbocycles. The molecule has 0 saturated carbocycles. The lowest BCUT2D eigenvalue weighted by Crippen LogP contribution is -2.33. The summed E-state index contributed by atoms with van der Waals surface area (Å²) in [6, 6.07) is 15.2. The van der Waals surface area contributed by atoms with Gasteiger partial charge in [-0.2, -0.15) is 5.10 Å². The Morgan fingerprint density at radius 3 is 2.53 bits per heavy atom. The number of nitrogens with one attached hydrogen (secondary N) is 2. The van der Waals surface area contributed by atoms with Crippen molar-refractivity contribution in [3.63, 3.8) is 0 Å². The van der Waals surface area contributed by atoms with Crippen molar-refractivity contribution in [3.05, 3.63) is 93.1 Å². The maximum atomic E-state index is 13.1. The average Bonchev–Trinajstić information content (AvgIpc) is 3.34. The van der Waals surface area contributed by atoms with Gasteiger partial charge in [-0.1, -0.05) is 35.9 Å². The zero-order valence-corrected chi connectivity index (χ0v) is 20.6. The number of carbonyl (C=O) groups is 2. The number of ether oxygens (including phenoxy) is 2. The number of nitrogens with zero attached hydrogens (tertiary/aromatic N) is 1. The van der Waals surface area contributed by atoms with Gasteiger partial charge in [0.25, 0.3) is 11.8 Å². The van der Waals surface area contributed by atoms with Crippen LogP contribution in [-0.4, -0.2) is 29.4 Å². The number of benzene rings is 3. The Morgan fingerprint density at radius 2 is 1.78 bits per heavy atom. The van der Waals surface area contributed by atoms with Gasteiger partial charge in [0.1, 0.15) is 11.4 Å². The van der Waals surface area contributed by atoms with Crippen molar-refractivity contribution in [2.75, 3.05) is 6.79 Å². The Morgan fingerprint density at radius 1 is 1.06 bits per heavy atom. The van der Waals surface area contributed by atoms with E-state index in [1.54, 1.807) is 69.3 Å². The monoisotopic (exact) mass is 505 g/mol. The maximum absolute atomic E-state index is 13.1. The van der Waals surface area contributed by atoms with E-state index in [1.165, 1.54) is 12.1 Å². The second-order valence-corrected chi connectivity index (χ2v) is 8.53. The summed E-state index contributed by atoms with van der Waals surface area (Å²) in [5.74, 6) is 0.00916. The van der Waals surface area contributed by atoms with Crippen LogP contribution in [0.1, 0.15) is 39.5 Å². The van der Waals surface area contributed by atoms with Gasteiger partial charge in [0.05, 0.1) is 5.71 Å². The Balaban J connectivity index is 1.63. The zero-order valence-electron chi connectivity index (χ0n) is 19.9. The first-order valence-corrected chi connectivity index (χ1v) is 11.4. The lowest BCUT2D eigenvalue weighted by molar-refractivity contribution is -0.117. The molecule has 1 aliphatic rings. The molecule has 0 aromatic heterocycles. The molecule has 8 nitrogen and oxygen atoms in total. The first-order valence-electron chi connectivity index (χ1n) is 11.1. The molecule has 0 aliphatic carbocycles. The molecule has 1 heterocycles. The van der Waals surface area contributed by atoms with Crippen LogP contribution in [0.2, 0.25) is 5.02 Å². The van der Waals surface area contributed by atoms with Crippen molar-refractivity contribution in [1.82, 2.24) is 10.7 Å². The Hall–Kier alpha value is -4.30. The van der Waals surface area contributed by atoms with Gasteiger partial charge in [-0.3, -0.25) is 9.59 Å². The van der Waals surface area contributed by atoms with E-state index in [0.29, 0.717) is 44.5 Å². The van der Waals surface area contributed by atoms with Crippen LogP contribution in [0.15, 0.2) is 65.4 Å². The van der Waals surface area contributed by atoms with E-state index >= 15 is 0 Å². The number of hydrogen-bond acceptors (Lipinski definition) is 6. The highest BCUT2D eigenvalue weighted by atomic mass is 35.5. The van der Waals surface area contributed by atoms with Crippen molar-refractivity contribution in [2.45, 2.75) is 20.8 Å². The SMILES string of the molecule is C/C(=N\NC(=O)C(=Cc1ccc2c(c1)OCO2)NC(=O)c1ccccc1)c1c(O)cc(C)c(Cl)c1C. The number of rotatable bonds is 6. The summed E-state index contributed by atoms with van der Waals surface area (Å²) in [4.78, 5) is 25.9. The van der Waals surface area contributed by atoms with Crippen LogP contribution in [0.5, 0.6) is 17.2 Å². The largest absolute Gasteiger partial charge is 0.507 e. The van der Waals surface area contributed by atoms with Crippen molar-refractivity contribution in [1.29, 1.82) is 0 Å². The van der Waals surface area contributed by atoms with E-state index in [-0.39, 0.29) is 18.2 Å². The average molecular weight is 506 g/mol. The number of aromatic hydroxyl groups is 1. The first-order chi connectivity index (χ1) is 17.2. The number of phenolic OH excluding ortho intramolecular Hbond substituents is 1. The van der Waals surface area contributed by atoms with E-state index in [1.807, 2.05) is 0 Å². The van der Waals surface area contributed by atoms with Crippen molar-refractivity contribution < 1.29 is 24.2 Å². The Labute approximate surface area is 213 Å². The van der Waals surface area contributed by atoms with Crippen LogP contribution in [-0.2, 0) is 4.79 Å². The number of hydrogen-bond donors (Lipinski definition) is 3. The van der Waals surface area contributed by atoms with E-state index in [4.69, 9.17) is 21.1 Å². The highest BCUT2D eigenvalue weighted by Crippen LogP contribution is 2.33. The van der Waals surface area contributed by atoms with Gasteiger partial charge in [-0.25, -0.2) is 5.43 Å². The molecule has 36 heavy (non-hydrogen) atoms. The molecule has 3 aromatic rings. The van der Waals surface area contributed by atoms with Crippen LogP contribution in [0.4, 0.5) is 0 Å². The fourth-order valence-electron chi connectivity index (χ4n) is 3.76. The topological polar surface area (TPSA) is 109 Å². The first kappa shape index (κ1) is 24.8. The lowest BCUT2D eigenvalue weighted by Gasteiger charge is -2.13. The minimum Gasteiger partial charge on any atom is -0.507 e. The molecule has 3 N–H and O–H groups in total. The Bertz CT molecular complexity index is 1400. The zero-order chi connectivity index (χ0) is 25.8. The van der Waals surface area contributed by atoms with Crippen LogP contribution in [0.25, 0.3) is 6.08 Å². The third-order valence-corrected chi connectivity index (χ3v) is 6.16. The number of carbonyl (C=O) groups excluding carboxylic acids is 2. The molecule has 9 heteroatoms. The minimum absolute atomic E-state index is 0.00148. The van der Waals surface area contributed by atoms with Crippen LogP contribution in [0, 0.1) is 13.8 Å². The number of phenols is 1. The van der Waals surface area contributed by atoms with Crippen molar-refractivity contribution in [2.24, 2.45) is 5.10 Å². The summed E-state index contributed by atoms with van der Waals surface area (Å²) in [5, 5.41) is 17.7. The summed E-state index contributed by atoms with van der Waals surface area (Å²) < 4.78 is 10.7. The molecular weight excluding hydrogens is 482 g/mol. The van der Waals surface area contributed by atoms with Gasteiger partial charge in [-0.05, 0) is 73.9 Å². The molecule has 0 saturated heterocycles. The predicted molar refractivity (Wildman–Crippen MR) is 137 cm³/mol. The van der Waals surface area contributed by atoms with E-state index < -0.39 is 11.8 Å². The van der Waals surface area contributed by atoms with E-state index in [2.05, 4.69) is 15.8 Å². The standard InChI is InChI=1S/C27H24ClN3O5/c1-15-11-21(32)24(16(2)25(15)28)17(3)30-31-27(34)20(29-26(33)19-7-5-4-6-8-19)12-18-9-10-22-23(13-18)36-14-35-22/h4-13,32H,14H2,1-3H3,(H,29,33)(H,31,34)/b20-12?,30-17+. The molecular formula is C27H24ClN3O5. The molecule has 1 aliphatic heterocycles. The van der Waals surface area contributed by atoms with Gasteiger partial charge in [0.2, 0.25) is 6.79 Å². The molecule has 0 unspecified atom stereocenters. The van der Waals surface area contributed by atoms with E-state index in [0.717, 1.165) is 5.56 Å². The molecule has 0 atom stereocenters. The quantitative estimate of drug-likeness (QED) is 0.255. The number of amides is 2. The number of fused-ring (bicyclic) bond motifs is 1. The van der Waals surface area contributed by atoms with Crippen molar-refractivity contribution in [3.8, 4) is 17.2 Å². The van der Waals surface area contributed by atoms with Gasteiger partial charge >= 0.3 is 0 Å². The van der Waals surface area contributed by atoms with Gasteiger partial charge in [0, 0.05) is 16.1 Å². The number of hydrazone groups is 1. The molecule has 2 amide bonds. The lowest BCUT2D eigenvalue weighted by atomic mass is 10.0. The molecule has 0 fully saturated rings. The summed E-state index contributed by atoms with van der Waals surface area (Å²) in [6.45, 7) is 5.30. The summed E-state index contributed by atoms with van der Waals surface area (Å²) in [6.07, 6.45) is 1.51. The highest BCUT2D eigenvalue weighted by Gasteiger charge is 2.18. The molecule has 4 rings (SSSR count). The minimum atomic E-state index is -0.661. The van der Waals surface area contributed by atoms with E-state index in [9.17, 15) is 14.7 Å². The third-order valence-electron chi connectivity index (χ3n) is 5.58. The van der Waals surface area contributed by atoms with Crippen LogP contribution >= 0.6 is 11.6 Å². The van der Waals surface area contributed by atoms with Crippen LogP contribution < -0.4 is 20.2 Å². The molecule has 0 bridgehead atoms. The second kappa shape index (κ2) is 10.5. The maximum Gasteiger partial charge on any atom is 0.287 e. The molecule has 0 spiro atoms. The summed E-state index contributed by atoms with van der Waals surface area (Å²) >= 11 is 6.33. The summed E-state index contributed by atoms with van der Waals surface area (Å²) in [5.41, 5.74) is 5.53. The molecule has 0 radical (unpaired) electrons. The van der Waals surface area contributed by atoms with Crippen molar-refractivity contribution >= 4 is 35.2 Å². The highest BCUT2D eigenvalue weighted by molar-refractivity contribution is 6.32. The fraction of sp³-hybridized carbons (Fsp3) is 0.148. The second-order valence-electron chi connectivity index (χ2n) is 8.16.